The molecule has 0 unspecified atom stereocenters. The van der Waals surface area contributed by atoms with Crippen molar-refractivity contribution in [2.45, 2.75) is 0 Å². The van der Waals surface area contributed by atoms with Crippen LogP contribution in [0.1, 0.15) is 10.4 Å². The van der Waals surface area contributed by atoms with E-state index in [4.69, 9.17) is 33.0 Å². The Morgan fingerprint density at radius 2 is 2.06 bits per heavy atom. The molecule has 1 rings (SSSR count). The number of aliphatic hydroxyl groups is 1. The molecule has 0 saturated heterocycles. The average molecular weight is 296 g/mol. The maximum atomic E-state index is 13.2. The molecule has 100 valence electrons. The van der Waals surface area contributed by atoms with E-state index in [2.05, 4.69) is 5.32 Å². The van der Waals surface area contributed by atoms with Crippen molar-refractivity contribution in [1.29, 1.82) is 0 Å². The van der Waals surface area contributed by atoms with Crippen molar-refractivity contribution >= 4 is 29.1 Å². The lowest BCUT2D eigenvalue weighted by Crippen LogP contribution is -2.28. The second kappa shape index (κ2) is 7.53. The summed E-state index contributed by atoms with van der Waals surface area (Å²) < 4.78 is 18.1. The Hall–Kier alpha value is -0.880. The van der Waals surface area contributed by atoms with Crippen LogP contribution in [0.3, 0.4) is 0 Å². The predicted molar refractivity (Wildman–Crippen MR) is 66.7 cm³/mol. The van der Waals surface area contributed by atoms with Crippen molar-refractivity contribution in [3.8, 4) is 0 Å². The van der Waals surface area contributed by atoms with Crippen LogP contribution in [-0.2, 0) is 4.74 Å². The van der Waals surface area contributed by atoms with Crippen LogP contribution in [0.15, 0.2) is 12.1 Å². The summed E-state index contributed by atoms with van der Waals surface area (Å²) in [6.07, 6.45) is 0. The first-order valence-electron chi connectivity index (χ1n) is 5.17. The van der Waals surface area contributed by atoms with Gasteiger partial charge < -0.3 is 15.2 Å². The Morgan fingerprint density at radius 1 is 1.33 bits per heavy atom. The Morgan fingerprint density at radius 3 is 2.72 bits per heavy atom. The van der Waals surface area contributed by atoms with Gasteiger partial charge in [-0.15, -0.1) is 0 Å². The van der Waals surface area contributed by atoms with Crippen LogP contribution in [0.5, 0.6) is 0 Å². The normalized spacial score (nSPS) is 10.4. The second-order valence-electron chi connectivity index (χ2n) is 3.34. The maximum absolute atomic E-state index is 13.2. The molecule has 0 aliphatic carbocycles. The van der Waals surface area contributed by atoms with Crippen molar-refractivity contribution in [3.63, 3.8) is 0 Å². The number of nitrogens with one attached hydrogen (secondary N) is 1. The van der Waals surface area contributed by atoms with E-state index in [1.165, 1.54) is 6.07 Å². The molecule has 2 N–H and O–H groups in total. The highest BCUT2D eigenvalue weighted by Gasteiger charge is 2.13. The van der Waals surface area contributed by atoms with E-state index in [1.807, 2.05) is 0 Å². The van der Waals surface area contributed by atoms with E-state index in [-0.39, 0.29) is 42.0 Å². The Kier molecular flexibility index (Phi) is 6.35. The maximum Gasteiger partial charge on any atom is 0.252 e. The molecule has 0 atom stereocenters. The molecule has 1 amide bonds. The van der Waals surface area contributed by atoms with E-state index in [0.717, 1.165) is 6.07 Å². The number of amides is 1. The highest BCUT2D eigenvalue weighted by molar-refractivity contribution is 6.36. The van der Waals surface area contributed by atoms with Crippen LogP contribution in [0.2, 0.25) is 10.0 Å². The van der Waals surface area contributed by atoms with Gasteiger partial charge in [0, 0.05) is 6.54 Å². The molecule has 0 spiro atoms. The molecule has 0 saturated carbocycles. The third kappa shape index (κ3) is 4.42. The molecule has 0 aliphatic heterocycles. The van der Waals surface area contributed by atoms with Gasteiger partial charge in [0.25, 0.3) is 5.91 Å². The molecule has 0 aliphatic rings. The molecule has 7 heteroatoms. The summed E-state index contributed by atoms with van der Waals surface area (Å²) in [4.78, 5) is 11.7. The van der Waals surface area contributed by atoms with Gasteiger partial charge in [0.1, 0.15) is 5.82 Å². The largest absolute Gasteiger partial charge is 0.394 e. The lowest BCUT2D eigenvalue weighted by Gasteiger charge is -2.07. The minimum Gasteiger partial charge on any atom is -0.394 e. The standard InChI is InChI=1S/C11H12Cl2FNO3/c12-8-6-9(13)10(14)5-7(8)11(17)15-1-3-18-4-2-16/h5-6,16H,1-4H2,(H,15,17). The van der Waals surface area contributed by atoms with Crippen LogP contribution in [0, 0.1) is 5.82 Å². The van der Waals surface area contributed by atoms with E-state index >= 15 is 0 Å². The number of ether oxygens (including phenoxy) is 1. The first kappa shape index (κ1) is 15.2. The smallest absolute Gasteiger partial charge is 0.252 e. The van der Waals surface area contributed by atoms with Gasteiger partial charge >= 0.3 is 0 Å². The molecule has 1 aromatic rings. The van der Waals surface area contributed by atoms with Crippen molar-refractivity contribution in [1.82, 2.24) is 5.32 Å². The molecule has 4 nitrogen and oxygen atoms in total. The Balaban J connectivity index is 2.54. The number of hydrogen-bond donors (Lipinski definition) is 2. The third-order valence-corrected chi connectivity index (χ3v) is 2.62. The summed E-state index contributed by atoms with van der Waals surface area (Å²) in [5, 5.41) is 10.9. The summed E-state index contributed by atoms with van der Waals surface area (Å²) in [6, 6.07) is 2.16. The van der Waals surface area contributed by atoms with E-state index in [1.54, 1.807) is 0 Å². The summed E-state index contributed by atoms with van der Waals surface area (Å²) >= 11 is 11.3. The zero-order chi connectivity index (χ0) is 13.5. The fraction of sp³-hybridized carbons (Fsp3) is 0.364. The molecular formula is C11H12Cl2FNO3. The van der Waals surface area contributed by atoms with E-state index in [0.29, 0.717) is 0 Å². The third-order valence-electron chi connectivity index (χ3n) is 2.02. The number of rotatable bonds is 6. The van der Waals surface area contributed by atoms with E-state index in [9.17, 15) is 9.18 Å². The van der Waals surface area contributed by atoms with Crippen LogP contribution in [0.25, 0.3) is 0 Å². The highest BCUT2D eigenvalue weighted by atomic mass is 35.5. The summed E-state index contributed by atoms with van der Waals surface area (Å²) in [5.41, 5.74) is 0.0146. The van der Waals surface area contributed by atoms with Crippen LogP contribution >= 0.6 is 23.2 Å². The molecule has 0 fully saturated rings. The van der Waals surface area contributed by atoms with Gasteiger partial charge in [-0.3, -0.25) is 4.79 Å². The average Bonchev–Trinajstić information content (AvgIpc) is 2.33. The van der Waals surface area contributed by atoms with Crippen LogP contribution in [-0.4, -0.2) is 37.4 Å². The fourth-order valence-corrected chi connectivity index (χ4v) is 1.66. The number of carbonyl (C=O) groups is 1. The number of carbonyl (C=O) groups excluding carboxylic acids is 1. The highest BCUT2D eigenvalue weighted by Crippen LogP contribution is 2.24. The first-order valence-corrected chi connectivity index (χ1v) is 5.93. The zero-order valence-electron chi connectivity index (χ0n) is 9.38. The Labute approximate surface area is 114 Å². The minimum atomic E-state index is -0.706. The number of hydrogen-bond acceptors (Lipinski definition) is 3. The van der Waals surface area contributed by atoms with E-state index < -0.39 is 11.7 Å². The number of halogens is 3. The topological polar surface area (TPSA) is 58.6 Å². The number of benzene rings is 1. The minimum absolute atomic E-state index is 0.0146. The van der Waals surface area contributed by atoms with Crippen molar-refractivity contribution in [3.05, 3.63) is 33.6 Å². The summed E-state index contributed by atoms with van der Waals surface area (Å²) in [7, 11) is 0. The molecule has 18 heavy (non-hydrogen) atoms. The van der Waals surface area contributed by atoms with Gasteiger partial charge in [0.15, 0.2) is 0 Å². The molecule has 0 bridgehead atoms. The summed E-state index contributed by atoms with van der Waals surface area (Å²) in [6.45, 7) is 0.605. The number of aliphatic hydroxyl groups excluding tert-OH is 1. The first-order chi connectivity index (χ1) is 8.56. The van der Waals surface area contributed by atoms with Crippen LogP contribution in [0.4, 0.5) is 4.39 Å². The molecule has 0 aromatic heterocycles. The van der Waals surface area contributed by atoms with Crippen molar-refractivity contribution in [2.24, 2.45) is 0 Å². The molecule has 0 radical (unpaired) electrons. The van der Waals surface area contributed by atoms with Crippen molar-refractivity contribution < 1.29 is 19.0 Å². The van der Waals surface area contributed by atoms with Crippen molar-refractivity contribution in [2.75, 3.05) is 26.4 Å². The fourth-order valence-electron chi connectivity index (χ4n) is 1.20. The van der Waals surface area contributed by atoms with Gasteiger partial charge in [0.2, 0.25) is 0 Å². The van der Waals surface area contributed by atoms with Gasteiger partial charge in [-0.1, -0.05) is 23.2 Å². The zero-order valence-corrected chi connectivity index (χ0v) is 10.9. The SMILES string of the molecule is O=C(NCCOCCO)c1cc(F)c(Cl)cc1Cl. The van der Waals surface area contributed by atoms with Gasteiger partial charge in [-0.2, -0.15) is 0 Å². The lowest BCUT2D eigenvalue weighted by atomic mass is 10.2. The molecular weight excluding hydrogens is 284 g/mol. The molecule has 0 heterocycles. The second-order valence-corrected chi connectivity index (χ2v) is 4.15. The summed E-state index contributed by atoms with van der Waals surface area (Å²) in [5.74, 6) is -1.22. The predicted octanol–water partition coefficient (Wildman–Crippen LogP) is 1.87. The Bertz CT molecular complexity index is 429. The quantitative estimate of drug-likeness (QED) is 0.622. The molecule has 1 aromatic carbocycles. The van der Waals surface area contributed by atoms with Gasteiger partial charge in [0.05, 0.1) is 35.4 Å². The monoisotopic (exact) mass is 295 g/mol. The van der Waals surface area contributed by atoms with Gasteiger partial charge in [-0.25, -0.2) is 4.39 Å². The van der Waals surface area contributed by atoms with Gasteiger partial charge in [-0.05, 0) is 12.1 Å². The lowest BCUT2D eigenvalue weighted by molar-refractivity contribution is 0.0838. The van der Waals surface area contributed by atoms with Crippen LogP contribution < -0.4 is 5.32 Å².